The lowest BCUT2D eigenvalue weighted by molar-refractivity contribution is -0.121. The van der Waals surface area contributed by atoms with Gasteiger partial charge in [0.05, 0.1) is 16.8 Å². The van der Waals surface area contributed by atoms with Crippen LogP contribution in [0.1, 0.15) is 31.1 Å². The van der Waals surface area contributed by atoms with Gasteiger partial charge >= 0.3 is 5.97 Å². The van der Waals surface area contributed by atoms with Gasteiger partial charge in [-0.15, -0.1) is 0 Å². The van der Waals surface area contributed by atoms with Crippen molar-refractivity contribution in [3.05, 3.63) is 29.3 Å². The Kier molecular flexibility index (Phi) is 4.78. The maximum absolute atomic E-state index is 13.6. The van der Waals surface area contributed by atoms with Crippen LogP contribution in [0.3, 0.4) is 0 Å². The van der Waals surface area contributed by atoms with Crippen LogP contribution in [-0.2, 0) is 4.79 Å². The fourth-order valence-electron chi connectivity index (χ4n) is 1.61. The predicted octanol–water partition coefficient (Wildman–Crippen LogP) is 1.99. The van der Waals surface area contributed by atoms with Crippen LogP contribution in [0.15, 0.2) is 12.1 Å². The van der Waals surface area contributed by atoms with Crippen LogP contribution in [0.5, 0.6) is 0 Å². The third-order valence-corrected chi connectivity index (χ3v) is 2.72. The van der Waals surface area contributed by atoms with E-state index in [1.54, 1.807) is 20.8 Å². The summed E-state index contributed by atoms with van der Waals surface area (Å²) in [5.74, 6) is -4.32. The molecule has 0 spiro atoms. The second-order valence-corrected chi connectivity index (χ2v) is 4.73. The number of benzene rings is 1. The molecule has 110 valence electrons. The number of hydrogen-bond acceptors (Lipinski definition) is 3. The van der Waals surface area contributed by atoms with Gasteiger partial charge in [0.2, 0.25) is 5.91 Å². The van der Waals surface area contributed by atoms with Crippen molar-refractivity contribution in [3.8, 4) is 0 Å². The minimum absolute atomic E-state index is 0.375. The zero-order valence-electron chi connectivity index (χ0n) is 11.4. The third kappa shape index (κ3) is 3.51. The number of hydrogen-bond donors (Lipinski definition) is 3. The first kappa shape index (κ1) is 16.0. The van der Waals surface area contributed by atoms with Crippen molar-refractivity contribution in [1.82, 2.24) is 5.32 Å². The number of rotatable bonds is 5. The predicted molar refractivity (Wildman–Crippen MR) is 69.7 cm³/mol. The number of carbonyl (C=O) groups is 2. The molecule has 0 fully saturated rings. The Balaban J connectivity index is 3.07. The Morgan fingerprint density at radius 1 is 1.25 bits per heavy atom. The summed E-state index contributed by atoms with van der Waals surface area (Å²) >= 11 is 0. The summed E-state index contributed by atoms with van der Waals surface area (Å²) in [6.45, 7) is 5.50. The van der Waals surface area contributed by atoms with Crippen LogP contribution in [0, 0.1) is 11.6 Å². The quantitative estimate of drug-likeness (QED) is 0.773. The smallest absolute Gasteiger partial charge is 0.338 e. The standard InChI is InChI=1S/C13H16F2N2O3/c1-4-16-13(2,3)12(20)17-10-5-7(11(18)19)8(14)6-9(10)15/h5-6,16H,4H2,1-3H3,(H,17,20)(H,18,19). The van der Waals surface area contributed by atoms with Crippen LogP contribution in [0.25, 0.3) is 0 Å². The second kappa shape index (κ2) is 5.96. The van der Waals surface area contributed by atoms with Gasteiger partial charge in [-0.05, 0) is 26.5 Å². The topological polar surface area (TPSA) is 78.4 Å². The first-order chi connectivity index (χ1) is 9.19. The number of carboxylic acids is 1. The highest BCUT2D eigenvalue weighted by Gasteiger charge is 2.27. The molecule has 0 bridgehead atoms. The Hall–Kier alpha value is -2.02. The van der Waals surface area contributed by atoms with E-state index in [9.17, 15) is 18.4 Å². The summed E-state index contributed by atoms with van der Waals surface area (Å²) in [4.78, 5) is 22.7. The molecule has 20 heavy (non-hydrogen) atoms. The van der Waals surface area contributed by atoms with Crippen molar-refractivity contribution >= 4 is 17.6 Å². The van der Waals surface area contributed by atoms with Crippen LogP contribution >= 0.6 is 0 Å². The van der Waals surface area contributed by atoms with E-state index >= 15 is 0 Å². The van der Waals surface area contributed by atoms with Crippen molar-refractivity contribution in [2.24, 2.45) is 0 Å². The molecule has 3 N–H and O–H groups in total. The number of likely N-dealkylation sites (N-methyl/N-ethyl adjacent to an activating group) is 1. The van der Waals surface area contributed by atoms with Crippen molar-refractivity contribution in [3.63, 3.8) is 0 Å². The number of amides is 1. The molecule has 0 saturated heterocycles. The van der Waals surface area contributed by atoms with E-state index in [0.717, 1.165) is 6.07 Å². The molecular weight excluding hydrogens is 270 g/mol. The number of carbonyl (C=O) groups excluding carboxylic acids is 1. The molecule has 0 radical (unpaired) electrons. The van der Waals surface area contributed by atoms with Crippen LogP contribution < -0.4 is 10.6 Å². The molecule has 1 rings (SSSR count). The fourth-order valence-corrected chi connectivity index (χ4v) is 1.61. The van der Waals surface area contributed by atoms with E-state index in [0.29, 0.717) is 12.6 Å². The van der Waals surface area contributed by atoms with Gasteiger partial charge < -0.3 is 15.7 Å². The number of aromatic carboxylic acids is 1. The average Bonchev–Trinajstić information content (AvgIpc) is 2.31. The second-order valence-electron chi connectivity index (χ2n) is 4.73. The molecule has 1 aromatic carbocycles. The molecule has 1 amide bonds. The molecule has 0 unspecified atom stereocenters. The highest BCUT2D eigenvalue weighted by molar-refractivity contribution is 5.98. The lowest BCUT2D eigenvalue weighted by Gasteiger charge is -2.24. The highest BCUT2D eigenvalue weighted by Crippen LogP contribution is 2.21. The zero-order chi connectivity index (χ0) is 15.5. The van der Waals surface area contributed by atoms with Gasteiger partial charge in [-0.3, -0.25) is 4.79 Å². The van der Waals surface area contributed by atoms with Crippen molar-refractivity contribution < 1.29 is 23.5 Å². The summed E-state index contributed by atoms with van der Waals surface area (Å²) in [6.07, 6.45) is 0. The number of anilines is 1. The number of carboxylic acid groups (broad SMARTS) is 1. The van der Waals surface area contributed by atoms with Gasteiger partial charge in [0.25, 0.3) is 0 Å². The van der Waals surface area contributed by atoms with Gasteiger partial charge in [-0.1, -0.05) is 6.92 Å². The van der Waals surface area contributed by atoms with E-state index in [1.807, 2.05) is 0 Å². The highest BCUT2D eigenvalue weighted by atomic mass is 19.1. The minimum Gasteiger partial charge on any atom is -0.478 e. The maximum atomic E-state index is 13.6. The van der Waals surface area contributed by atoms with Crippen molar-refractivity contribution in [2.75, 3.05) is 11.9 Å². The number of nitrogens with one attached hydrogen (secondary N) is 2. The van der Waals surface area contributed by atoms with Crippen molar-refractivity contribution in [2.45, 2.75) is 26.3 Å². The summed E-state index contributed by atoms with van der Waals surface area (Å²) < 4.78 is 26.8. The first-order valence-corrected chi connectivity index (χ1v) is 5.98. The van der Waals surface area contributed by atoms with Crippen LogP contribution in [-0.4, -0.2) is 29.1 Å². The summed E-state index contributed by atoms with van der Waals surface area (Å²) in [5, 5.41) is 13.9. The molecule has 0 atom stereocenters. The first-order valence-electron chi connectivity index (χ1n) is 5.98. The molecule has 7 heteroatoms. The Labute approximate surface area is 115 Å². The summed E-state index contributed by atoms with van der Waals surface area (Å²) in [7, 11) is 0. The third-order valence-electron chi connectivity index (χ3n) is 2.72. The number of halogens is 2. The maximum Gasteiger partial charge on any atom is 0.338 e. The van der Waals surface area contributed by atoms with E-state index < -0.39 is 34.6 Å². The van der Waals surface area contributed by atoms with Gasteiger partial charge in [-0.2, -0.15) is 0 Å². The lowest BCUT2D eigenvalue weighted by Crippen LogP contribution is -2.49. The SMILES string of the molecule is CCNC(C)(C)C(=O)Nc1cc(C(=O)O)c(F)cc1F. The summed E-state index contributed by atoms with van der Waals surface area (Å²) in [6, 6.07) is 1.19. The molecule has 0 aliphatic carbocycles. The molecule has 0 saturated carbocycles. The fraction of sp³-hybridized carbons (Fsp3) is 0.385. The minimum atomic E-state index is -1.54. The molecule has 0 heterocycles. The lowest BCUT2D eigenvalue weighted by atomic mass is 10.0. The molecule has 0 aromatic heterocycles. The average molecular weight is 286 g/mol. The zero-order valence-corrected chi connectivity index (χ0v) is 11.4. The van der Waals surface area contributed by atoms with E-state index in [2.05, 4.69) is 10.6 Å². The van der Waals surface area contributed by atoms with Crippen molar-refractivity contribution in [1.29, 1.82) is 0 Å². The largest absolute Gasteiger partial charge is 0.478 e. The Morgan fingerprint density at radius 2 is 1.85 bits per heavy atom. The molecule has 0 aliphatic heterocycles. The molecular formula is C13H16F2N2O3. The molecule has 1 aromatic rings. The van der Waals surface area contributed by atoms with Gasteiger partial charge in [0.15, 0.2) is 0 Å². The van der Waals surface area contributed by atoms with Crippen LogP contribution in [0.2, 0.25) is 0 Å². The Bertz CT molecular complexity index is 545. The van der Waals surface area contributed by atoms with E-state index in [4.69, 9.17) is 5.11 Å². The van der Waals surface area contributed by atoms with E-state index in [-0.39, 0.29) is 5.69 Å². The monoisotopic (exact) mass is 286 g/mol. The Morgan fingerprint density at radius 3 is 2.35 bits per heavy atom. The van der Waals surface area contributed by atoms with Gasteiger partial charge in [0.1, 0.15) is 11.6 Å². The van der Waals surface area contributed by atoms with E-state index in [1.165, 1.54) is 0 Å². The van der Waals surface area contributed by atoms with Gasteiger partial charge in [0, 0.05) is 6.07 Å². The van der Waals surface area contributed by atoms with Gasteiger partial charge in [-0.25, -0.2) is 13.6 Å². The normalized spacial score (nSPS) is 11.2. The molecule has 5 nitrogen and oxygen atoms in total. The summed E-state index contributed by atoms with van der Waals surface area (Å²) in [5.41, 5.74) is -2.05. The molecule has 0 aliphatic rings. The van der Waals surface area contributed by atoms with Crippen LogP contribution in [0.4, 0.5) is 14.5 Å².